The first kappa shape index (κ1) is 11.5. The van der Waals surface area contributed by atoms with Crippen LogP contribution in [0.3, 0.4) is 0 Å². The van der Waals surface area contributed by atoms with E-state index in [1.54, 1.807) is 0 Å². The molecule has 3 aliphatic carbocycles. The van der Waals surface area contributed by atoms with Crippen molar-refractivity contribution < 1.29 is 5.11 Å². The summed E-state index contributed by atoms with van der Waals surface area (Å²) in [6, 6.07) is 2.60. The van der Waals surface area contributed by atoms with E-state index in [1.165, 1.54) is 12.8 Å². The van der Waals surface area contributed by atoms with Crippen LogP contribution in [0.1, 0.15) is 58.8 Å². The summed E-state index contributed by atoms with van der Waals surface area (Å²) in [5.41, 5.74) is -1.27. The summed E-state index contributed by atoms with van der Waals surface area (Å²) < 4.78 is 0. The summed E-state index contributed by atoms with van der Waals surface area (Å²) in [7, 11) is 0. The van der Waals surface area contributed by atoms with Crippen molar-refractivity contribution in [1.29, 1.82) is 5.26 Å². The molecule has 4 unspecified atom stereocenters. The number of fused-ring (bicyclic) bond motifs is 2. The maximum absolute atomic E-state index is 11.3. The van der Waals surface area contributed by atoms with Gasteiger partial charge in [0.05, 0.1) is 17.1 Å². The molecule has 0 radical (unpaired) electrons. The number of nitrogens with zero attached hydrogens (tertiary/aromatic N) is 1. The van der Waals surface area contributed by atoms with Crippen LogP contribution in [0.2, 0.25) is 0 Å². The Morgan fingerprint density at radius 3 is 2.41 bits per heavy atom. The summed E-state index contributed by atoms with van der Waals surface area (Å²) in [6.45, 7) is 4.32. The Bertz CT molecular complexity index is 383. The minimum Gasteiger partial charge on any atom is -0.388 e. The molecular formula is C15H23NO. The Hall–Kier alpha value is -0.550. The molecule has 0 saturated heterocycles. The van der Waals surface area contributed by atoms with Crippen molar-refractivity contribution in [2.75, 3.05) is 0 Å². The monoisotopic (exact) mass is 233 g/mol. The van der Waals surface area contributed by atoms with Crippen LogP contribution in [-0.4, -0.2) is 10.7 Å². The van der Waals surface area contributed by atoms with Crippen LogP contribution in [0.15, 0.2) is 0 Å². The van der Waals surface area contributed by atoms with Crippen molar-refractivity contribution in [3.05, 3.63) is 0 Å². The fourth-order valence-electron chi connectivity index (χ4n) is 5.22. The Morgan fingerprint density at radius 1 is 1.24 bits per heavy atom. The molecule has 17 heavy (non-hydrogen) atoms. The van der Waals surface area contributed by atoms with Crippen LogP contribution in [0.5, 0.6) is 0 Å². The molecule has 2 nitrogen and oxygen atoms in total. The second kappa shape index (κ2) is 3.26. The van der Waals surface area contributed by atoms with Crippen molar-refractivity contribution in [1.82, 2.24) is 0 Å². The van der Waals surface area contributed by atoms with Gasteiger partial charge < -0.3 is 5.11 Å². The first-order valence-corrected chi connectivity index (χ1v) is 7.09. The lowest BCUT2D eigenvalue weighted by Crippen LogP contribution is -2.56. The Kier molecular flexibility index (Phi) is 2.21. The minimum atomic E-state index is -0.741. The van der Waals surface area contributed by atoms with Gasteiger partial charge in [0, 0.05) is 0 Å². The van der Waals surface area contributed by atoms with Gasteiger partial charge in [0.15, 0.2) is 0 Å². The molecule has 0 heterocycles. The molecule has 3 fully saturated rings. The SMILES string of the molecule is CC1(C)CCCC1(O)C1(C#N)CC2CCC1C2. The van der Waals surface area contributed by atoms with Gasteiger partial charge in [-0.1, -0.05) is 20.3 Å². The van der Waals surface area contributed by atoms with Gasteiger partial charge >= 0.3 is 0 Å². The fraction of sp³-hybridized carbons (Fsp3) is 0.933. The van der Waals surface area contributed by atoms with Gasteiger partial charge in [-0.25, -0.2) is 0 Å². The van der Waals surface area contributed by atoms with Crippen molar-refractivity contribution >= 4 is 0 Å². The van der Waals surface area contributed by atoms with Crippen molar-refractivity contribution in [3.63, 3.8) is 0 Å². The lowest BCUT2D eigenvalue weighted by Gasteiger charge is -2.50. The van der Waals surface area contributed by atoms with E-state index in [9.17, 15) is 10.4 Å². The highest BCUT2D eigenvalue weighted by Crippen LogP contribution is 2.67. The van der Waals surface area contributed by atoms with Gasteiger partial charge in [-0.15, -0.1) is 0 Å². The Balaban J connectivity index is 2.05. The number of rotatable bonds is 1. The van der Waals surface area contributed by atoms with Crippen molar-refractivity contribution in [2.24, 2.45) is 22.7 Å². The van der Waals surface area contributed by atoms with Gasteiger partial charge in [-0.3, -0.25) is 0 Å². The zero-order valence-electron chi connectivity index (χ0n) is 11.0. The summed E-state index contributed by atoms with van der Waals surface area (Å²) in [6.07, 6.45) is 7.55. The lowest BCUT2D eigenvalue weighted by molar-refractivity contribution is -0.141. The second-order valence-electron chi connectivity index (χ2n) is 7.26. The van der Waals surface area contributed by atoms with Crippen molar-refractivity contribution in [3.8, 4) is 6.07 Å². The summed E-state index contributed by atoms with van der Waals surface area (Å²) in [5, 5.41) is 21.1. The zero-order valence-corrected chi connectivity index (χ0v) is 11.0. The third-order valence-electron chi connectivity index (χ3n) is 6.25. The van der Waals surface area contributed by atoms with Crippen LogP contribution >= 0.6 is 0 Å². The van der Waals surface area contributed by atoms with Gasteiger partial charge in [0.1, 0.15) is 0 Å². The first-order valence-electron chi connectivity index (χ1n) is 7.09. The predicted octanol–water partition coefficient (Wildman–Crippen LogP) is 3.26. The van der Waals surface area contributed by atoms with Crippen LogP contribution in [-0.2, 0) is 0 Å². The molecule has 0 spiro atoms. The van der Waals surface area contributed by atoms with Crippen molar-refractivity contribution in [2.45, 2.75) is 64.4 Å². The molecule has 0 aromatic heterocycles. The van der Waals surface area contributed by atoms with Crippen LogP contribution in [0.25, 0.3) is 0 Å². The molecule has 2 heteroatoms. The highest BCUT2D eigenvalue weighted by molar-refractivity contribution is 5.24. The number of aliphatic hydroxyl groups is 1. The third kappa shape index (κ3) is 1.19. The first-order chi connectivity index (χ1) is 7.95. The standard InChI is InChI=1S/C15H23NO/c1-13(2)6-3-7-15(13,17)14(10-16)9-11-4-5-12(14)8-11/h11-12,17H,3-9H2,1-2H3. The summed E-state index contributed by atoms with van der Waals surface area (Å²) >= 11 is 0. The molecule has 4 atom stereocenters. The fourth-order valence-corrected chi connectivity index (χ4v) is 5.22. The molecule has 3 saturated carbocycles. The molecule has 0 amide bonds. The molecule has 94 valence electrons. The highest BCUT2D eigenvalue weighted by atomic mass is 16.3. The summed E-state index contributed by atoms with van der Waals surface area (Å²) in [4.78, 5) is 0. The van der Waals surface area contributed by atoms with Crippen LogP contribution < -0.4 is 0 Å². The van der Waals surface area contributed by atoms with Gasteiger partial charge in [0.2, 0.25) is 0 Å². The third-order valence-corrected chi connectivity index (χ3v) is 6.25. The normalized spacial score (nSPS) is 51.6. The molecule has 3 rings (SSSR count). The van der Waals surface area contributed by atoms with E-state index >= 15 is 0 Å². The van der Waals surface area contributed by atoms with Gasteiger partial charge in [0.25, 0.3) is 0 Å². The minimum absolute atomic E-state index is 0.0901. The maximum Gasteiger partial charge on any atom is 0.0896 e. The second-order valence-corrected chi connectivity index (χ2v) is 7.26. The highest BCUT2D eigenvalue weighted by Gasteiger charge is 2.67. The molecule has 3 aliphatic rings. The topological polar surface area (TPSA) is 44.0 Å². The molecule has 0 aromatic rings. The zero-order chi connectivity index (χ0) is 12.3. The van der Waals surface area contributed by atoms with E-state index in [1.807, 2.05) is 0 Å². The largest absolute Gasteiger partial charge is 0.388 e. The number of nitriles is 1. The quantitative estimate of drug-likeness (QED) is 0.755. The van der Waals surface area contributed by atoms with E-state index in [0.29, 0.717) is 11.8 Å². The summed E-state index contributed by atoms with van der Waals surface area (Å²) in [5.74, 6) is 1.17. The van der Waals surface area contributed by atoms with Gasteiger partial charge in [-0.05, 0) is 55.8 Å². The average Bonchev–Trinajstić information content (AvgIpc) is 2.93. The van der Waals surface area contributed by atoms with Crippen LogP contribution in [0, 0.1) is 34.0 Å². The Labute approximate surface area is 104 Å². The molecule has 0 aliphatic heterocycles. The number of hydrogen-bond acceptors (Lipinski definition) is 2. The van der Waals surface area contributed by atoms with E-state index < -0.39 is 11.0 Å². The predicted molar refractivity (Wildman–Crippen MR) is 66.1 cm³/mol. The average molecular weight is 233 g/mol. The molecule has 1 N–H and O–H groups in total. The molecule has 2 bridgehead atoms. The van der Waals surface area contributed by atoms with E-state index in [-0.39, 0.29) is 5.41 Å². The Morgan fingerprint density at radius 2 is 2.00 bits per heavy atom. The molecular weight excluding hydrogens is 210 g/mol. The van der Waals surface area contributed by atoms with Gasteiger partial charge in [-0.2, -0.15) is 5.26 Å². The maximum atomic E-state index is 11.3. The van der Waals surface area contributed by atoms with E-state index in [2.05, 4.69) is 19.9 Å². The lowest BCUT2D eigenvalue weighted by atomic mass is 9.56. The number of hydrogen-bond donors (Lipinski definition) is 1. The van der Waals surface area contributed by atoms with Crippen LogP contribution in [0.4, 0.5) is 0 Å². The smallest absolute Gasteiger partial charge is 0.0896 e. The molecule has 0 aromatic carbocycles. The van der Waals surface area contributed by atoms with E-state index in [0.717, 1.165) is 32.1 Å². The van der Waals surface area contributed by atoms with E-state index in [4.69, 9.17) is 0 Å².